The van der Waals surface area contributed by atoms with E-state index in [0.29, 0.717) is 23.6 Å². The van der Waals surface area contributed by atoms with Gasteiger partial charge in [0.05, 0.1) is 5.75 Å². The van der Waals surface area contributed by atoms with Crippen LogP contribution in [0.4, 0.5) is 4.39 Å². The molecule has 0 atom stereocenters. The summed E-state index contributed by atoms with van der Waals surface area (Å²) in [7, 11) is 0.391. The molecule has 144 valence electrons. The lowest BCUT2D eigenvalue weighted by molar-refractivity contribution is 0.599. The van der Waals surface area contributed by atoms with Crippen LogP contribution in [0.5, 0.6) is 0 Å². The largest absolute Gasteiger partial charge is 0.357 e. The van der Waals surface area contributed by atoms with Crippen LogP contribution in [-0.2, 0) is 35.7 Å². The number of nitrogens with zero attached hydrogens (tertiary/aromatic N) is 2. The number of halogens is 2. The topological polar surface area (TPSA) is 75.5 Å². The van der Waals surface area contributed by atoms with Gasteiger partial charge in [0, 0.05) is 45.8 Å². The van der Waals surface area contributed by atoms with Crippen LogP contribution >= 0.6 is 24.0 Å². The van der Waals surface area contributed by atoms with Crippen LogP contribution < -0.4 is 10.6 Å². The molecular formula is C17H24FIN4O2S. The van der Waals surface area contributed by atoms with E-state index in [9.17, 15) is 12.8 Å². The number of sulfone groups is 1. The van der Waals surface area contributed by atoms with Crippen LogP contribution in [0.1, 0.15) is 16.7 Å². The fraction of sp³-hybridized carbons (Fsp3) is 0.353. The molecule has 0 radical (unpaired) electrons. The van der Waals surface area contributed by atoms with Crippen molar-refractivity contribution in [3.05, 3.63) is 59.2 Å². The molecule has 0 saturated carbocycles. The number of hydrogen-bond acceptors (Lipinski definition) is 3. The van der Waals surface area contributed by atoms with Crippen molar-refractivity contribution < 1.29 is 12.8 Å². The molecule has 6 nitrogen and oxygen atoms in total. The summed E-state index contributed by atoms with van der Waals surface area (Å²) in [5.74, 6) is 0.0278. The van der Waals surface area contributed by atoms with E-state index in [0.717, 1.165) is 11.8 Å². The van der Waals surface area contributed by atoms with Gasteiger partial charge in [-0.15, -0.1) is 24.0 Å². The molecule has 2 rings (SSSR count). The van der Waals surface area contributed by atoms with Gasteiger partial charge in [0.25, 0.3) is 0 Å². The Balaban J connectivity index is 0.00000338. The van der Waals surface area contributed by atoms with Crippen LogP contribution in [-0.4, -0.2) is 32.2 Å². The summed E-state index contributed by atoms with van der Waals surface area (Å²) in [5, 5.41) is 6.25. The number of aryl methyl sites for hydroxylation is 1. The Morgan fingerprint density at radius 3 is 2.46 bits per heavy atom. The van der Waals surface area contributed by atoms with Crippen LogP contribution in [0.2, 0.25) is 0 Å². The Morgan fingerprint density at radius 1 is 1.19 bits per heavy atom. The summed E-state index contributed by atoms with van der Waals surface area (Å²) in [6, 6.07) is 6.12. The summed E-state index contributed by atoms with van der Waals surface area (Å²) < 4.78 is 38.6. The highest BCUT2D eigenvalue weighted by Gasteiger charge is 2.11. The van der Waals surface area contributed by atoms with Crippen molar-refractivity contribution in [2.24, 2.45) is 12.0 Å². The standard InChI is InChI=1S/C17H23FN4O2S.HI/c1-19-17(20-9-13-6-7-22(2)11-13)21-10-15-8-16(18)5-4-14(15)12-25(3,23)24;/h4-8,11H,9-10,12H2,1-3H3,(H2,19,20,21);1H. The Kier molecular flexibility index (Phi) is 8.54. The molecule has 0 spiro atoms. The highest BCUT2D eigenvalue weighted by Crippen LogP contribution is 2.14. The van der Waals surface area contributed by atoms with Crippen molar-refractivity contribution in [1.82, 2.24) is 15.2 Å². The molecule has 0 saturated heterocycles. The minimum absolute atomic E-state index is 0. The zero-order chi connectivity index (χ0) is 18.4. The van der Waals surface area contributed by atoms with Gasteiger partial charge in [-0.25, -0.2) is 12.8 Å². The van der Waals surface area contributed by atoms with Gasteiger partial charge in [-0.2, -0.15) is 0 Å². The third-order valence-electron chi connectivity index (χ3n) is 3.61. The number of aromatic nitrogens is 1. The van der Waals surface area contributed by atoms with E-state index >= 15 is 0 Å². The summed E-state index contributed by atoms with van der Waals surface area (Å²) in [5.41, 5.74) is 2.27. The quantitative estimate of drug-likeness (QED) is 0.367. The molecule has 0 amide bonds. The molecule has 26 heavy (non-hydrogen) atoms. The highest BCUT2D eigenvalue weighted by atomic mass is 127. The number of aliphatic imine (C=N–C) groups is 1. The normalized spacial score (nSPS) is 11.8. The molecule has 2 N–H and O–H groups in total. The first kappa shape index (κ1) is 22.4. The van der Waals surface area contributed by atoms with Crippen LogP contribution in [0.15, 0.2) is 41.7 Å². The molecule has 0 aliphatic heterocycles. The van der Waals surface area contributed by atoms with E-state index in [1.807, 2.05) is 30.1 Å². The minimum Gasteiger partial charge on any atom is -0.357 e. The Hall–Kier alpha value is -1.62. The van der Waals surface area contributed by atoms with E-state index in [-0.39, 0.29) is 36.3 Å². The lowest BCUT2D eigenvalue weighted by atomic mass is 10.1. The molecule has 1 aromatic heterocycles. The molecule has 0 aliphatic carbocycles. The maximum absolute atomic E-state index is 13.5. The van der Waals surface area contributed by atoms with Crippen molar-refractivity contribution in [3.8, 4) is 0 Å². The van der Waals surface area contributed by atoms with Gasteiger partial charge >= 0.3 is 0 Å². The average Bonchev–Trinajstić information content (AvgIpc) is 2.94. The van der Waals surface area contributed by atoms with Crippen LogP contribution in [0, 0.1) is 5.82 Å². The zero-order valence-electron chi connectivity index (χ0n) is 15.0. The van der Waals surface area contributed by atoms with Gasteiger partial charge in [-0.3, -0.25) is 4.99 Å². The second-order valence-electron chi connectivity index (χ2n) is 5.95. The third-order valence-corrected chi connectivity index (χ3v) is 4.44. The molecule has 0 fully saturated rings. The molecular weight excluding hydrogens is 470 g/mol. The molecule has 0 bridgehead atoms. The first-order valence-corrected chi connectivity index (χ1v) is 9.83. The van der Waals surface area contributed by atoms with Gasteiger partial charge in [0.2, 0.25) is 0 Å². The molecule has 9 heteroatoms. The second kappa shape index (κ2) is 9.91. The lowest BCUT2D eigenvalue weighted by Gasteiger charge is -2.14. The van der Waals surface area contributed by atoms with E-state index in [1.165, 1.54) is 18.2 Å². The van der Waals surface area contributed by atoms with Gasteiger partial charge in [-0.1, -0.05) is 6.07 Å². The van der Waals surface area contributed by atoms with Crippen LogP contribution in [0.25, 0.3) is 0 Å². The number of nitrogens with one attached hydrogen (secondary N) is 2. The van der Waals surface area contributed by atoms with Crippen molar-refractivity contribution in [2.45, 2.75) is 18.8 Å². The fourth-order valence-corrected chi connectivity index (χ4v) is 3.28. The predicted molar refractivity (Wildman–Crippen MR) is 113 cm³/mol. The maximum Gasteiger partial charge on any atom is 0.191 e. The first-order valence-electron chi connectivity index (χ1n) is 7.77. The van der Waals surface area contributed by atoms with Gasteiger partial charge < -0.3 is 15.2 Å². The predicted octanol–water partition coefficient (Wildman–Crippen LogP) is 2.19. The highest BCUT2D eigenvalue weighted by molar-refractivity contribution is 14.0. The number of rotatable bonds is 6. The SMILES string of the molecule is CN=C(NCc1ccn(C)c1)NCc1cc(F)ccc1CS(C)(=O)=O.I. The van der Waals surface area contributed by atoms with Crippen LogP contribution in [0.3, 0.4) is 0 Å². The number of guanidine groups is 1. The minimum atomic E-state index is -3.20. The summed E-state index contributed by atoms with van der Waals surface area (Å²) in [6.07, 6.45) is 5.11. The Labute approximate surface area is 170 Å². The summed E-state index contributed by atoms with van der Waals surface area (Å²) >= 11 is 0. The molecule has 0 unspecified atom stereocenters. The summed E-state index contributed by atoms with van der Waals surface area (Å²) in [6.45, 7) is 0.872. The fourth-order valence-electron chi connectivity index (χ4n) is 2.43. The van der Waals surface area contributed by atoms with Gasteiger partial charge in [0.1, 0.15) is 5.82 Å². The van der Waals surface area contributed by atoms with Crippen molar-refractivity contribution in [3.63, 3.8) is 0 Å². The van der Waals surface area contributed by atoms with Crippen molar-refractivity contribution >= 4 is 39.8 Å². The van der Waals surface area contributed by atoms with Crippen molar-refractivity contribution in [1.29, 1.82) is 0 Å². The van der Waals surface area contributed by atoms with E-state index in [4.69, 9.17) is 0 Å². The lowest BCUT2D eigenvalue weighted by Crippen LogP contribution is -2.36. The van der Waals surface area contributed by atoms with E-state index in [1.54, 1.807) is 7.05 Å². The maximum atomic E-state index is 13.5. The summed E-state index contributed by atoms with van der Waals surface area (Å²) in [4.78, 5) is 4.13. The molecule has 0 aliphatic rings. The molecule has 1 aromatic carbocycles. The van der Waals surface area contributed by atoms with Crippen molar-refractivity contribution in [2.75, 3.05) is 13.3 Å². The Morgan fingerprint density at radius 2 is 1.88 bits per heavy atom. The average molecular weight is 494 g/mol. The second-order valence-corrected chi connectivity index (χ2v) is 8.09. The number of benzene rings is 1. The van der Waals surface area contributed by atoms with Gasteiger partial charge in [0.15, 0.2) is 15.8 Å². The van der Waals surface area contributed by atoms with Gasteiger partial charge in [-0.05, 0) is 34.9 Å². The monoisotopic (exact) mass is 494 g/mol. The smallest absolute Gasteiger partial charge is 0.191 e. The molecule has 2 aromatic rings. The number of hydrogen-bond donors (Lipinski definition) is 2. The van der Waals surface area contributed by atoms with E-state index in [2.05, 4.69) is 15.6 Å². The Bertz CT molecular complexity index is 865. The first-order chi connectivity index (χ1) is 11.8. The zero-order valence-corrected chi connectivity index (χ0v) is 18.1. The third kappa shape index (κ3) is 7.32. The van der Waals surface area contributed by atoms with E-state index < -0.39 is 15.7 Å². The molecule has 1 heterocycles.